The topological polar surface area (TPSA) is 20.2 Å². The maximum absolute atomic E-state index is 9.71. The number of rotatable bonds is 4. The Morgan fingerprint density at radius 1 is 1.23 bits per heavy atom. The van der Waals surface area contributed by atoms with Gasteiger partial charge in [-0.15, -0.1) is 0 Å². The van der Waals surface area contributed by atoms with E-state index in [-0.39, 0.29) is 6.10 Å². The van der Waals surface area contributed by atoms with Crippen LogP contribution in [-0.4, -0.2) is 11.2 Å². The fourth-order valence-electron chi connectivity index (χ4n) is 2.54. The summed E-state index contributed by atoms with van der Waals surface area (Å²) in [5.74, 6) is 1.50. The van der Waals surface area contributed by atoms with Crippen molar-refractivity contribution in [3.63, 3.8) is 0 Å². The molecule has 1 aliphatic rings. The zero-order valence-corrected chi connectivity index (χ0v) is 9.13. The average Bonchev–Trinajstić information content (AvgIpc) is 2.16. The van der Waals surface area contributed by atoms with Gasteiger partial charge in [-0.3, -0.25) is 0 Å². The molecule has 3 unspecified atom stereocenters. The van der Waals surface area contributed by atoms with Gasteiger partial charge in [0.15, 0.2) is 0 Å². The molecular formula is C12H24O. The van der Waals surface area contributed by atoms with Crippen LogP contribution < -0.4 is 0 Å². The smallest absolute Gasteiger partial charge is 0.0568 e. The lowest BCUT2D eigenvalue weighted by Gasteiger charge is -2.32. The summed E-state index contributed by atoms with van der Waals surface area (Å²) in [5.41, 5.74) is 0. The van der Waals surface area contributed by atoms with Crippen LogP contribution in [0.5, 0.6) is 0 Å². The summed E-state index contributed by atoms with van der Waals surface area (Å²) < 4.78 is 0. The van der Waals surface area contributed by atoms with E-state index in [1.807, 2.05) is 0 Å². The van der Waals surface area contributed by atoms with Crippen molar-refractivity contribution >= 4 is 0 Å². The highest BCUT2D eigenvalue weighted by Crippen LogP contribution is 2.33. The third kappa shape index (κ3) is 3.30. The van der Waals surface area contributed by atoms with Crippen LogP contribution in [0.1, 0.15) is 58.8 Å². The second-order valence-corrected chi connectivity index (χ2v) is 4.56. The Bertz CT molecular complexity index is 131. The summed E-state index contributed by atoms with van der Waals surface area (Å²) in [6.07, 6.45) is 8.82. The van der Waals surface area contributed by atoms with Crippen LogP contribution in [0, 0.1) is 11.8 Å². The van der Waals surface area contributed by atoms with Crippen LogP contribution in [0.25, 0.3) is 0 Å². The Balaban J connectivity index is 2.27. The lowest BCUT2D eigenvalue weighted by Crippen LogP contribution is -2.28. The van der Waals surface area contributed by atoms with E-state index in [0.717, 1.165) is 18.8 Å². The summed E-state index contributed by atoms with van der Waals surface area (Å²) >= 11 is 0. The van der Waals surface area contributed by atoms with Crippen LogP contribution in [0.2, 0.25) is 0 Å². The van der Waals surface area contributed by atoms with E-state index in [1.165, 1.54) is 32.1 Å². The van der Waals surface area contributed by atoms with Crippen LogP contribution in [0.4, 0.5) is 0 Å². The molecule has 1 N–H and O–H groups in total. The van der Waals surface area contributed by atoms with Crippen LogP contribution in [-0.2, 0) is 0 Å². The number of hydrogen-bond acceptors (Lipinski definition) is 1. The summed E-state index contributed by atoms with van der Waals surface area (Å²) in [7, 11) is 0. The van der Waals surface area contributed by atoms with E-state index in [0.29, 0.717) is 5.92 Å². The lowest BCUT2D eigenvalue weighted by atomic mass is 9.76. The van der Waals surface area contributed by atoms with Gasteiger partial charge in [0, 0.05) is 0 Å². The number of hydrogen-bond donors (Lipinski definition) is 1. The third-order valence-corrected chi connectivity index (χ3v) is 3.54. The van der Waals surface area contributed by atoms with Gasteiger partial charge in [-0.25, -0.2) is 0 Å². The summed E-state index contributed by atoms with van der Waals surface area (Å²) in [5, 5.41) is 9.71. The van der Waals surface area contributed by atoms with Gasteiger partial charge in [0.1, 0.15) is 0 Å². The van der Waals surface area contributed by atoms with Crippen LogP contribution in [0.15, 0.2) is 0 Å². The van der Waals surface area contributed by atoms with Crippen molar-refractivity contribution in [1.29, 1.82) is 0 Å². The van der Waals surface area contributed by atoms with E-state index < -0.39 is 0 Å². The molecule has 0 aliphatic heterocycles. The minimum Gasteiger partial charge on any atom is -0.393 e. The standard InChI is InChI=1S/C12H24O/c1-3-5-6-10-7-8-12(13)11(4-2)9-10/h10-13H,3-9H2,1-2H3. The molecule has 1 rings (SSSR count). The van der Waals surface area contributed by atoms with Gasteiger partial charge < -0.3 is 5.11 Å². The van der Waals surface area contributed by atoms with Crippen molar-refractivity contribution in [2.24, 2.45) is 11.8 Å². The second kappa shape index (κ2) is 5.64. The maximum atomic E-state index is 9.71. The van der Waals surface area contributed by atoms with Crippen molar-refractivity contribution < 1.29 is 5.11 Å². The summed E-state index contributed by atoms with van der Waals surface area (Å²) in [6.45, 7) is 4.46. The number of aliphatic hydroxyl groups excluding tert-OH is 1. The monoisotopic (exact) mass is 184 g/mol. The van der Waals surface area contributed by atoms with E-state index in [9.17, 15) is 5.11 Å². The van der Waals surface area contributed by atoms with E-state index in [1.54, 1.807) is 0 Å². The Labute approximate surface area is 82.5 Å². The Morgan fingerprint density at radius 2 is 2.00 bits per heavy atom. The molecule has 0 aromatic carbocycles. The molecule has 1 aliphatic carbocycles. The Hall–Kier alpha value is -0.0400. The molecule has 0 saturated heterocycles. The largest absolute Gasteiger partial charge is 0.393 e. The molecule has 0 aromatic heterocycles. The fourth-order valence-corrected chi connectivity index (χ4v) is 2.54. The van der Waals surface area contributed by atoms with Gasteiger partial charge in [-0.2, -0.15) is 0 Å². The normalized spacial score (nSPS) is 34.8. The Morgan fingerprint density at radius 3 is 2.62 bits per heavy atom. The van der Waals surface area contributed by atoms with E-state index >= 15 is 0 Å². The molecule has 1 heteroatoms. The molecule has 3 atom stereocenters. The molecule has 1 nitrogen and oxygen atoms in total. The van der Waals surface area contributed by atoms with Gasteiger partial charge in [0.2, 0.25) is 0 Å². The SMILES string of the molecule is CCCCC1CCC(O)C(CC)C1. The number of unbranched alkanes of at least 4 members (excludes halogenated alkanes) is 1. The van der Waals surface area contributed by atoms with Crippen molar-refractivity contribution in [3.8, 4) is 0 Å². The summed E-state index contributed by atoms with van der Waals surface area (Å²) in [4.78, 5) is 0. The molecule has 78 valence electrons. The number of aliphatic hydroxyl groups is 1. The highest BCUT2D eigenvalue weighted by Gasteiger charge is 2.27. The molecule has 13 heavy (non-hydrogen) atoms. The zero-order valence-electron chi connectivity index (χ0n) is 9.13. The van der Waals surface area contributed by atoms with E-state index in [4.69, 9.17) is 0 Å². The predicted molar refractivity (Wildman–Crippen MR) is 56.7 cm³/mol. The zero-order chi connectivity index (χ0) is 9.68. The Kier molecular flexibility index (Phi) is 4.79. The third-order valence-electron chi connectivity index (χ3n) is 3.54. The fraction of sp³-hybridized carbons (Fsp3) is 1.00. The average molecular weight is 184 g/mol. The first kappa shape index (κ1) is 11.0. The van der Waals surface area contributed by atoms with E-state index in [2.05, 4.69) is 13.8 Å². The van der Waals surface area contributed by atoms with Crippen molar-refractivity contribution in [2.75, 3.05) is 0 Å². The van der Waals surface area contributed by atoms with Gasteiger partial charge in [-0.1, -0.05) is 39.5 Å². The molecule has 1 fully saturated rings. The quantitative estimate of drug-likeness (QED) is 0.710. The maximum Gasteiger partial charge on any atom is 0.0568 e. The predicted octanol–water partition coefficient (Wildman–Crippen LogP) is 3.36. The van der Waals surface area contributed by atoms with Gasteiger partial charge in [-0.05, 0) is 31.1 Å². The van der Waals surface area contributed by atoms with Crippen molar-refractivity contribution in [1.82, 2.24) is 0 Å². The first-order valence-electron chi connectivity index (χ1n) is 5.96. The van der Waals surface area contributed by atoms with Gasteiger partial charge in [0.25, 0.3) is 0 Å². The van der Waals surface area contributed by atoms with Gasteiger partial charge >= 0.3 is 0 Å². The van der Waals surface area contributed by atoms with Crippen molar-refractivity contribution in [3.05, 3.63) is 0 Å². The lowest BCUT2D eigenvalue weighted by molar-refractivity contribution is 0.0440. The van der Waals surface area contributed by atoms with Crippen molar-refractivity contribution in [2.45, 2.75) is 64.9 Å². The highest BCUT2D eigenvalue weighted by atomic mass is 16.3. The molecule has 0 amide bonds. The highest BCUT2D eigenvalue weighted by molar-refractivity contribution is 4.78. The molecule has 0 bridgehead atoms. The molecular weight excluding hydrogens is 160 g/mol. The molecule has 0 heterocycles. The molecule has 0 spiro atoms. The molecule has 0 aromatic rings. The first-order chi connectivity index (χ1) is 6.27. The van der Waals surface area contributed by atoms with Crippen LogP contribution >= 0.6 is 0 Å². The molecule has 0 radical (unpaired) electrons. The summed E-state index contributed by atoms with van der Waals surface area (Å²) in [6, 6.07) is 0. The van der Waals surface area contributed by atoms with Gasteiger partial charge in [0.05, 0.1) is 6.10 Å². The first-order valence-corrected chi connectivity index (χ1v) is 5.96. The minimum absolute atomic E-state index is 0.00266. The second-order valence-electron chi connectivity index (χ2n) is 4.56. The molecule has 1 saturated carbocycles. The minimum atomic E-state index is 0.00266. The van der Waals surface area contributed by atoms with Crippen LogP contribution in [0.3, 0.4) is 0 Å².